The Kier molecular flexibility index (Phi) is 27.4. The van der Waals surface area contributed by atoms with Gasteiger partial charge in [-0.25, -0.2) is 0 Å². The third-order valence-electron chi connectivity index (χ3n) is 0. The van der Waals surface area contributed by atoms with Crippen molar-refractivity contribution in [2.75, 3.05) is 0 Å². The molecule has 0 saturated carbocycles. The van der Waals surface area contributed by atoms with Gasteiger partial charge in [0, 0.05) is 0 Å². The normalized spacial score (nSPS) is 6.00. The number of rotatable bonds is 0. The molecule has 3 nitrogen and oxygen atoms in total. The van der Waals surface area contributed by atoms with Gasteiger partial charge < -0.3 is 0 Å². The molecule has 0 spiro atoms. The fourth-order valence-corrected chi connectivity index (χ4v) is 0. The van der Waals surface area contributed by atoms with Crippen LogP contribution in [0.3, 0.4) is 0 Å². The van der Waals surface area contributed by atoms with Crippen molar-refractivity contribution in [3.8, 4) is 0 Å². The van der Waals surface area contributed by atoms with Crippen LogP contribution in [0.1, 0.15) is 0 Å². The van der Waals surface area contributed by atoms with E-state index in [1.807, 2.05) is 0 Å². The molecule has 0 aromatic heterocycles. The maximum absolute atomic E-state index is 7.35. The average molecular weight is 503 g/mol. The van der Waals surface area contributed by atoms with E-state index < -0.39 is 21.5 Å². The van der Waals surface area contributed by atoms with Crippen molar-refractivity contribution in [2.45, 2.75) is 0 Å². The maximum atomic E-state index is 7.35. The van der Waals surface area contributed by atoms with Gasteiger partial charge >= 0.3 is 82.8 Å². The minimum absolute atomic E-state index is 0. The topological polar surface area (TPSA) is 60.7 Å². The Labute approximate surface area is 81.5 Å². The molecule has 0 fully saturated rings. The minimum atomic E-state index is -3.45. The molecule has 0 aliphatic carbocycles. The van der Waals surface area contributed by atoms with Gasteiger partial charge in [-0.1, -0.05) is 0 Å². The van der Waals surface area contributed by atoms with Crippen molar-refractivity contribution in [1.82, 2.24) is 0 Å². The van der Waals surface area contributed by atoms with E-state index in [2.05, 4.69) is 0 Å². The van der Waals surface area contributed by atoms with Crippen LogP contribution < -0.4 is 0 Å². The second-order valence-corrected chi connectivity index (χ2v) is 1.80. The van der Waals surface area contributed by atoms with Gasteiger partial charge in [0.1, 0.15) is 0 Å². The van der Waals surface area contributed by atoms with Crippen LogP contribution in [-0.2, 0) is 0 Å². The van der Waals surface area contributed by atoms with Crippen molar-refractivity contribution < 1.29 is 10.2 Å². The van der Waals surface area contributed by atoms with Gasteiger partial charge in [-0.15, -0.1) is 0 Å². The van der Waals surface area contributed by atoms with Crippen molar-refractivity contribution in [3.05, 3.63) is 0 Å². The average Bonchev–Trinajstić information content (AvgIpc) is 0.811. The Bertz CT molecular complexity index is 15.5. The van der Waals surface area contributed by atoms with Crippen LogP contribution in [0, 0.1) is 0 Å². The van der Waals surface area contributed by atoms with Gasteiger partial charge in [0.05, 0.1) is 0 Å². The molecule has 0 aliphatic heterocycles. The molecule has 0 heterocycles. The molecule has 0 aliphatic rings. The van der Waals surface area contributed by atoms with E-state index in [-0.39, 0.29) is 51.2 Å². The number of hydrogen-bond donors (Lipinski definition) is 3. The third-order valence-corrected chi connectivity index (χ3v) is 0. The first kappa shape index (κ1) is 15.8. The Hall–Kier alpha value is 2.42. The molecule has 0 bridgehead atoms. The van der Waals surface area contributed by atoms with Gasteiger partial charge in [0.25, 0.3) is 0 Å². The Morgan fingerprint density at radius 2 is 1.00 bits per heavy atom. The zero-order valence-corrected chi connectivity index (χ0v) is 15.3. The van der Waals surface area contributed by atoms with Crippen LogP contribution in [0.4, 0.5) is 0 Å². The monoisotopic (exact) mass is 504 g/mol. The summed E-state index contributed by atoms with van der Waals surface area (Å²) in [6, 6.07) is 0. The molecule has 0 rings (SSSR count). The van der Waals surface area contributed by atoms with Crippen LogP contribution in [0.2, 0.25) is 0 Å². The molecule has 38 valence electrons. The van der Waals surface area contributed by atoms with Crippen LogP contribution >= 0.6 is 0 Å². The zero-order chi connectivity index (χ0) is 3.58. The van der Waals surface area contributed by atoms with Crippen LogP contribution in [0.15, 0.2) is 0 Å². The van der Waals surface area contributed by atoms with E-state index in [0.29, 0.717) is 0 Å². The summed E-state index contributed by atoms with van der Waals surface area (Å²) in [4.78, 5) is 0. The summed E-state index contributed by atoms with van der Waals surface area (Å²) >= 11 is -3.45. The molecule has 6 heteroatoms. The van der Waals surface area contributed by atoms with Gasteiger partial charge in [-0.2, -0.15) is 0 Å². The summed E-state index contributed by atoms with van der Waals surface area (Å²) in [6.45, 7) is 0. The first-order valence-electron chi connectivity index (χ1n) is 0.600. The van der Waals surface area contributed by atoms with Crippen molar-refractivity contribution in [3.63, 3.8) is 0 Å². The van der Waals surface area contributed by atoms with E-state index >= 15 is 0 Å². The van der Waals surface area contributed by atoms with Crippen LogP contribution in [0.5, 0.6) is 0 Å². The predicted molar refractivity (Wildman–Crippen MR) is 29.5 cm³/mol. The van der Waals surface area contributed by atoms with E-state index in [9.17, 15) is 0 Å². The fraction of sp³-hybridized carbons (Fsp3) is 0. The molecule has 0 amide bonds. The van der Waals surface area contributed by atoms with E-state index in [1.54, 1.807) is 0 Å². The molecule has 4 radical (unpaired) electrons. The number of hydrogen-bond acceptors (Lipinski definition) is 3. The summed E-state index contributed by atoms with van der Waals surface area (Å²) in [6.07, 6.45) is 0. The third kappa shape index (κ3) is 32.2. The molecule has 0 aromatic carbocycles. The Balaban J connectivity index is -0.0000000450. The van der Waals surface area contributed by atoms with Gasteiger partial charge in [0.2, 0.25) is 0 Å². The van der Waals surface area contributed by atoms with Gasteiger partial charge in [-0.05, 0) is 0 Å². The van der Waals surface area contributed by atoms with Crippen molar-refractivity contribution in [1.29, 1.82) is 0 Å². The van der Waals surface area contributed by atoms with E-state index in [1.165, 1.54) is 0 Å². The fourth-order valence-electron chi connectivity index (χ4n) is 0. The van der Waals surface area contributed by atoms with E-state index in [0.717, 1.165) is 0 Å². The molecular weight excluding hydrogens is 496 g/mol. The molecule has 0 unspecified atom stereocenters. The quantitative estimate of drug-likeness (QED) is 0.297. The predicted octanol–water partition coefficient (Wildman–Crippen LogP) is -3.88. The van der Waals surface area contributed by atoms with Crippen LogP contribution in [0.25, 0.3) is 0 Å². The van der Waals surface area contributed by atoms with Crippen molar-refractivity contribution >= 4 is 72.7 Å². The first-order chi connectivity index (χ1) is 1.73. The second-order valence-electron chi connectivity index (χ2n) is 0.268. The van der Waals surface area contributed by atoms with Gasteiger partial charge in [-0.3, -0.25) is 0 Å². The molecule has 6 heavy (non-hydrogen) atoms. The molecule has 3 N–H and O–H groups in total. The second kappa shape index (κ2) is 10.4. The molecule has 0 saturated heterocycles. The van der Waals surface area contributed by atoms with Crippen LogP contribution in [-0.4, -0.2) is 82.8 Å². The summed E-state index contributed by atoms with van der Waals surface area (Å²) in [5, 5.41) is 0. The molecule has 0 atom stereocenters. The summed E-state index contributed by atoms with van der Waals surface area (Å²) < 4.78 is 22.0. The SMILES string of the molecule is [OH][Sb]([OH])[OH].[PbH2].[SnH2]. The van der Waals surface area contributed by atoms with E-state index in [4.69, 9.17) is 10.2 Å². The van der Waals surface area contributed by atoms with Crippen molar-refractivity contribution in [2.24, 2.45) is 0 Å². The summed E-state index contributed by atoms with van der Waals surface area (Å²) in [5.74, 6) is 0. The Morgan fingerprint density at radius 1 is 1.00 bits per heavy atom. The Morgan fingerprint density at radius 3 is 1.00 bits per heavy atom. The summed E-state index contributed by atoms with van der Waals surface area (Å²) in [5.41, 5.74) is 0. The summed E-state index contributed by atoms with van der Waals surface area (Å²) in [7, 11) is 0. The van der Waals surface area contributed by atoms with Gasteiger partial charge in [0.15, 0.2) is 0 Å². The first-order valence-corrected chi connectivity index (χ1v) is 4.02. The molecular formula is H7O3PbSbSn. The molecule has 0 aromatic rings. The standard InChI is InChI=1S/3H2O.Pb.Sb.Sn.4H/h3*1H2;;;;;;;/q;;;;+3;;;;;/p-3. The zero-order valence-electron chi connectivity index (χ0n) is 3.20.